The molecule has 6 heteroatoms. The number of carbonyl (C=O) groups is 2. The highest BCUT2D eigenvalue weighted by Crippen LogP contribution is 2.21. The molecule has 5 nitrogen and oxygen atoms in total. The number of hydrogen-bond acceptors (Lipinski definition) is 3. The smallest absolute Gasteiger partial charge is 0.261 e. The van der Waals surface area contributed by atoms with Gasteiger partial charge in [-0.15, -0.1) is 0 Å². The van der Waals surface area contributed by atoms with E-state index in [-0.39, 0.29) is 24.5 Å². The fraction of sp³-hybridized carbons (Fsp3) is 0.310. The third kappa shape index (κ3) is 7.43. The monoisotopic (exact) mass is 534 g/mol. The Morgan fingerprint density at radius 1 is 0.914 bits per heavy atom. The number of amides is 2. The van der Waals surface area contributed by atoms with Gasteiger partial charge in [0.2, 0.25) is 5.91 Å². The molecule has 3 aromatic carbocycles. The predicted octanol–water partition coefficient (Wildman–Crippen LogP) is 5.53. The average molecular weight is 535 g/mol. The van der Waals surface area contributed by atoms with Crippen LogP contribution in [0.5, 0.6) is 5.75 Å². The number of nitrogens with zero attached hydrogens (tertiary/aromatic N) is 1. The van der Waals surface area contributed by atoms with Crippen LogP contribution in [0.25, 0.3) is 0 Å². The lowest BCUT2D eigenvalue weighted by molar-refractivity contribution is -0.143. The van der Waals surface area contributed by atoms with E-state index in [0.717, 1.165) is 41.3 Å². The second-order valence-electron chi connectivity index (χ2n) is 8.95. The molecule has 4 rings (SSSR count). The minimum absolute atomic E-state index is 0.108. The van der Waals surface area contributed by atoms with E-state index in [2.05, 4.69) is 21.2 Å². The minimum atomic E-state index is -0.649. The Hall–Kier alpha value is -3.12. The van der Waals surface area contributed by atoms with Crippen molar-refractivity contribution in [2.45, 2.75) is 50.7 Å². The molecule has 1 aliphatic carbocycles. The molecular weight excluding hydrogens is 504 g/mol. The molecule has 0 unspecified atom stereocenters. The zero-order chi connectivity index (χ0) is 24.5. The average Bonchev–Trinajstić information content (AvgIpc) is 3.39. The van der Waals surface area contributed by atoms with Crippen LogP contribution in [0.15, 0.2) is 89.4 Å². The Bertz CT molecular complexity index is 1100. The molecule has 3 aromatic rings. The van der Waals surface area contributed by atoms with Crippen molar-refractivity contribution in [1.29, 1.82) is 0 Å². The van der Waals surface area contributed by atoms with Gasteiger partial charge in [-0.1, -0.05) is 89.4 Å². The van der Waals surface area contributed by atoms with Crippen LogP contribution in [0.3, 0.4) is 0 Å². The van der Waals surface area contributed by atoms with Crippen molar-refractivity contribution < 1.29 is 14.3 Å². The standard InChI is InChI=1S/C29H31BrN2O3/c30-24-13-9-12-23(18-24)20-32(28(33)21-35-26-16-5-2-6-17-26)27(19-22-10-3-1-4-11-22)29(34)31-25-14-7-8-15-25/h1-6,9-13,16-18,25,27H,7-8,14-15,19-21H2,(H,31,34)/t27-/m1/s1. The lowest BCUT2D eigenvalue weighted by atomic mass is 10.0. The molecule has 0 heterocycles. The molecule has 0 aliphatic heterocycles. The van der Waals surface area contributed by atoms with Crippen molar-refractivity contribution in [1.82, 2.24) is 10.2 Å². The van der Waals surface area contributed by atoms with E-state index in [0.29, 0.717) is 18.7 Å². The molecule has 2 amide bonds. The van der Waals surface area contributed by atoms with Crippen molar-refractivity contribution in [3.05, 3.63) is 101 Å². The quantitative estimate of drug-likeness (QED) is 0.372. The second-order valence-corrected chi connectivity index (χ2v) is 9.86. The van der Waals surface area contributed by atoms with Gasteiger partial charge < -0.3 is 15.0 Å². The summed E-state index contributed by atoms with van der Waals surface area (Å²) in [5.74, 6) is 0.290. The van der Waals surface area contributed by atoms with Crippen LogP contribution in [-0.4, -0.2) is 35.4 Å². The summed E-state index contributed by atoms with van der Waals surface area (Å²) in [6.07, 6.45) is 4.66. The zero-order valence-electron chi connectivity index (χ0n) is 19.7. The van der Waals surface area contributed by atoms with Crippen LogP contribution in [0.2, 0.25) is 0 Å². The molecule has 0 saturated heterocycles. The first kappa shape index (κ1) is 25.0. The number of nitrogens with one attached hydrogen (secondary N) is 1. The minimum Gasteiger partial charge on any atom is -0.484 e. The third-order valence-corrected chi connectivity index (χ3v) is 6.81. The molecule has 0 radical (unpaired) electrons. The van der Waals surface area contributed by atoms with Gasteiger partial charge in [-0.05, 0) is 48.2 Å². The number of benzene rings is 3. The van der Waals surface area contributed by atoms with Crippen molar-refractivity contribution in [2.24, 2.45) is 0 Å². The molecule has 0 aromatic heterocycles. The summed E-state index contributed by atoms with van der Waals surface area (Å²) in [5.41, 5.74) is 1.95. The van der Waals surface area contributed by atoms with E-state index in [4.69, 9.17) is 4.74 Å². The van der Waals surface area contributed by atoms with Crippen LogP contribution in [0.1, 0.15) is 36.8 Å². The molecular formula is C29H31BrN2O3. The van der Waals surface area contributed by atoms with Gasteiger partial charge in [-0.25, -0.2) is 0 Å². The third-order valence-electron chi connectivity index (χ3n) is 6.32. The zero-order valence-corrected chi connectivity index (χ0v) is 21.3. The van der Waals surface area contributed by atoms with Gasteiger partial charge in [0.05, 0.1) is 0 Å². The normalized spacial score (nSPS) is 14.3. The first-order valence-corrected chi connectivity index (χ1v) is 12.9. The number of halogens is 1. The van der Waals surface area contributed by atoms with E-state index in [1.54, 1.807) is 4.90 Å². The number of carbonyl (C=O) groups excluding carboxylic acids is 2. The Labute approximate surface area is 215 Å². The summed E-state index contributed by atoms with van der Waals surface area (Å²) in [6.45, 7) is 0.173. The summed E-state index contributed by atoms with van der Waals surface area (Å²) in [5, 5.41) is 3.22. The van der Waals surface area contributed by atoms with E-state index < -0.39 is 6.04 Å². The number of ether oxygens (including phenoxy) is 1. The Morgan fingerprint density at radius 3 is 2.26 bits per heavy atom. The fourth-order valence-corrected chi connectivity index (χ4v) is 4.94. The summed E-state index contributed by atoms with van der Waals surface area (Å²) in [6, 6.07) is 26.5. The number of rotatable bonds is 10. The van der Waals surface area contributed by atoms with Crippen molar-refractivity contribution in [2.75, 3.05) is 6.61 Å². The summed E-state index contributed by atoms with van der Waals surface area (Å²) >= 11 is 3.52. The predicted molar refractivity (Wildman–Crippen MR) is 141 cm³/mol. The van der Waals surface area contributed by atoms with Gasteiger partial charge in [-0.2, -0.15) is 0 Å². The van der Waals surface area contributed by atoms with Gasteiger partial charge in [0, 0.05) is 23.5 Å². The maximum atomic E-state index is 13.6. The molecule has 35 heavy (non-hydrogen) atoms. The van der Waals surface area contributed by atoms with Crippen molar-refractivity contribution >= 4 is 27.7 Å². The lowest BCUT2D eigenvalue weighted by Crippen LogP contribution is -2.53. The highest BCUT2D eigenvalue weighted by molar-refractivity contribution is 9.10. The first-order valence-electron chi connectivity index (χ1n) is 12.1. The van der Waals surface area contributed by atoms with Gasteiger partial charge in [0.15, 0.2) is 6.61 Å². The van der Waals surface area contributed by atoms with E-state index in [9.17, 15) is 9.59 Å². The molecule has 1 atom stereocenters. The molecule has 182 valence electrons. The van der Waals surface area contributed by atoms with Gasteiger partial charge in [0.25, 0.3) is 5.91 Å². The maximum absolute atomic E-state index is 13.6. The number of hydrogen-bond donors (Lipinski definition) is 1. The van der Waals surface area contributed by atoms with E-state index in [1.807, 2.05) is 84.9 Å². The van der Waals surface area contributed by atoms with Crippen LogP contribution in [0.4, 0.5) is 0 Å². The molecule has 1 saturated carbocycles. The maximum Gasteiger partial charge on any atom is 0.261 e. The van der Waals surface area contributed by atoms with Gasteiger partial charge >= 0.3 is 0 Å². The Kier molecular flexibility index (Phi) is 8.96. The van der Waals surface area contributed by atoms with Crippen LogP contribution >= 0.6 is 15.9 Å². The fourth-order valence-electron chi connectivity index (χ4n) is 4.50. The highest BCUT2D eigenvalue weighted by atomic mass is 79.9. The van der Waals surface area contributed by atoms with Crippen LogP contribution < -0.4 is 10.1 Å². The van der Waals surface area contributed by atoms with Crippen LogP contribution in [0, 0.1) is 0 Å². The SMILES string of the molecule is O=C(NC1CCCC1)[C@@H](Cc1ccccc1)N(Cc1cccc(Br)c1)C(=O)COc1ccccc1. The van der Waals surface area contributed by atoms with Crippen molar-refractivity contribution in [3.63, 3.8) is 0 Å². The summed E-state index contributed by atoms with van der Waals surface area (Å²) in [7, 11) is 0. The highest BCUT2D eigenvalue weighted by Gasteiger charge is 2.32. The largest absolute Gasteiger partial charge is 0.484 e. The molecule has 0 spiro atoms. The molecule has 0 bridgehead atoms. The topological polar surface area (TPSA) is 58.6 Å². The number of para-hydroxylation sites is 1. The van der Waals surface area contributed by atoms with Crippen molar-refractivity contribution in [3.8, 4) is 5.75 Å². The Balaban J connectivity index is 1.61. The van der Waals surface area contributed by atoms with E-state index >= 15 is 0 Å². The molecule has 1 fully saturated rings. The lowest BCUT2D eigenvalue weighted by Gasteiger charge is -2.32. The summed E-state index contributed by atoms with van der Waals surface area (Å²) in [4.78, 5) is 28.9. The van der Waals surface area contributed by atoms with Gasteiger partial charge in [-0.3, -0.25) is 9.59 Å². The first-order chi connectivity index (χ1) is 17.1. The second kappa shape index (κ2) is 12.5. The van der Waals surface area contributed by atoms with E-state index in [1.165, 1.54) is 0 Å². The van der Waals surface area contributed by atoms with Crippen LogP contribution in [-0.2, 0) is 22.6 Å². The molecule has 1 aliphatic rings. The Morgan fingerprint density at radius 2 is 1.57 bits per heavy atom. The summed E-state index contributed by atoms with van der Waals surface area (Å²) < 4.78 is 6.72. The molecule has 1 N–H and O–H groups in total. The van der Waals surface area contributed by atoms with Gasteiger partial charge in [0.1, 0.15) is 11.8 Å².